The summed E-state index contributed by atoms with van der Waals surface area (Å²) in [5, 5.41) is 7.53. The molecule has 6 nitrogen and oxygen atoms in total. The van der Waals surface area contributed by atoms with Crippen molar-refractivity contribution < 1.29 is 18.0 Å². The van der Waals surface area contributed by atoms with Crippen molar-refractivity contribution in [1.82, 2.24) is 14.7 Å². The molecule has 0 radical (unpaired) electrons. The van der Waals surface area contributed by atoms with Crippen LogP contribution >= 0.6 is 0 Å². The van der Waals surface area contributed by atoms with Gasteiger partial charge < -0.3 is 11.1 Å². The summed E-state index contributed by atoms with van der Waals surface area (Å²) in [7, 11) is 0. The third-order valence-electron chi connectivity index (χ3n) is 7.70. The van der Waals surface area contributed by atoms with Gasteiger partial charge in [-0.2, -0.15) is 18.3 Å². The smallest absolute Gasteiger partial charge is 0.380 e. The second kappa shape index (κ2) is 10.7. The number of hydrogen-bond acceptors (Lipinski definition) is 4. The summed E-state index contributed by atoms with van der Waals surface area (Å²) in [6, 6.07) is 4.79. The van der Waals surface area contributed by atoms with Crippen LogP contribution in [0.5, 0.6) is 0 Å². The van der Waals surface area contributed by atoms with Crippen LogP contribution in [-0.2, 0) is 19.0 Å². The number of alkyl halides is 3. The van der Waals surface area contributed by atoms with Gasteiger partial charge in [-0.1, -0.05) is 38.5 Å². The van der Waals surface area contributed by atoms with E-state index in [1.807, 2.05) is 13.8 Å². The van der Waals surface area contributed by atoms with Gasteiger partial charge in [0.15, 0.2) is 5.69 Å². The molecule has 3 N–H and O–H groups in total. The Kier molecular flexibility index (Phi) is 7.80. The topological polar surface area (TPSA) is 76.2 Å². The first-order chi connectivity index (χ1) is 17.9. The molecule has 202 valence electrons. The number of rotatable bonds is 7. The standard InChI is InChI=1S/C29H34F3N5O/c1-5-15-36(16-6-2)24-10-8-7-9-22(24)34-23-17-19(11-12-20(23)27(33)38)37-25-18-28(3,4)14-13-21(25)26(35-37)29(30,31)32/h1-2,11-12,17,22,24,34H,7-10,13-16,18H2,3-4H3,(H2,33,38)/t22-,24-/m1/s1. The fourth-order valence-corrected chi connectivity index (χ4v) is 5.82. The van der Waals surface area contributed by atoms with Crippen LogP contribution in [0.1, 0.15) is 73.3 Å². The minimum atomic E-state index is -4.56. The van der Waals surface area contributed by atoms with Crippen molar-refractivity contribution in [3.8, 4) is 30.4 Å². The summed E-state index contributed by atoms with van der Waals surface area (Å²) in [5.74, 6) is 4.71. The Morgan fingerprint density at radius 3 is 2.55 bits per heavy atom. The maximum atomic E-state index is 13.9. The average molecular weight is 526 g/mol. The third kappa shape index (κ3) is 5.68. The number of amides is 1. The summed E-state index contributed by atoms with van der Waals surface area (Å²) in [5.41, 5.74) is 6.65. The van der Waals surface area contributed by atoms with Gasteiger partial charge in [0.1, 0.15) is 0 Å². The number of benzene rings is 1. The van der Waals surface area contributed by atoms with Crippen LogP contribution in [0.15, 0.2) is 18.2 Å². The zero-order valence-electron chi connectivity index (χ0n) is 21.9. The van der Waals surface area contributed by atoms with E-state index in [1.54, 1.807) is 18.2 Å². The summed E-state index contributed by atoms with van der Waals surface area (Å²) in [6.07, 6.45) is 11.7. The molecule has 1 aromatic carbocycles. The first kappa shape index (κ1) is 27.6. The molecule has 0 spiro atoms. The number of halogens is 3. The van der Waals surface area contributed by atoms with Crippen molar-refractivity contribution in [3.05, 3.63) is 40.7 Å². The number of hydrogen-bond donors (Lipinski definition) is 2. The molecular weight excluding hydrogens is 491 g/mol. The Bertz CT molecular complexity index is 1260. The number of carbonyl (C=O) groups is 1. The van der Waals surface area contributed by atoms with E-state index < -0.39 is 17.8 Å². The Labute approximate surface area is 222 Å². The molecule has 2 aromatic rings. The SMILES string of the molecule is C#CCN(CC#C)[C@@H]1CCCC[C@H]1Nc1cc(-n2nc(C(F)(F)F)c3c2CC(C)(C)CC3)ccc1C(N)=O. The van der Waals surface area contributed by atoms with E-state index in [0.717, 1.165) is 25.7 Å². The molecule has 38 heavy (non-hydrogen) atoms. The second-order valence-electron chi connectivity index (χ2n) is 11.0. The Morgan fingerprint density at radius 1 is 1.24 bits per heavy atom. The molecule has 0 saturated heterocycles. The average Bonchev–Trinajstić information content (AvgIpc) is 3.22. The van der Waals surface area contributed by atoms with Crippen molar-refractivity contribution in [3.63, 3.8) is 0 Å². The van der Waals surface area contributed by atoms with Gasteiger partial charge in [-0.15, -0.1) is 12.8 Å². The van der Waals surface area contributed by atoms with Gasteiger partial charge in [0, 0.05) is 29.0 Å². The molecular formula is C29H34F3N5O. The number of nitrogens with two attached hydrogens (primary N) is 1. The fourth-order valence-electron chi connectivity index (χ4n) is 5.82. The van der Waals surface area contributed by atoms with Crippen molar-refractivity contribution in [2.75, 3.05) is 18.4 Å². The van der Waals surface area contributed by atoms with E-state index in [2.05, 4.69) is 27.2 Å². The molecule has 2 atom stereocenters. The zero-order valence-corrected chi connectivity index (χ0v) is 21.9. The van der Waals surface area contributed by atoms with Gasteiger partial charge >= 0.3 is 6.18 Å². The van der Waals surface area contributed by atoms with E-state index >= 15 is 0 Å². The summed E-state index contributed by atoms with van der Waals surface area (Å²) < 4.78 is 43.1. The van der Waals surface area contributed by atoms with Crippen LogP contribution in [-0.4, -0.2) is 45.8 Å². The van der Waals surface area contributed by atoms with Crippen molar-refractivity contribution in [2.24, 2.45) is 11.1 Å². The quantitative estimate of drug-likeness (QED) is 0.510. The summed E-state index contributed by atoms with van der Waals surface area (Å²) >= 11 is 0. The minimum absolute atomic E-state index is 0.0373. The molecule has 1 amide bonds. The van der Waals surface area contributed by atoms with Crippen LogP contribution < -0.4 is 11.1 Å². The predicted octanol–water partition coefficient (Wildman–Crippen LogP) is 4.80. The van der Waals surface area contributed by atoms with Gasteiger partial charge in [-0.3, -0.25) is 9.69 Å². The van der Waals surface area contributed by atoms with Crippen LogP contribution in [0.2, 0.25) is 0 Å². The van der Waals surface area contributed by atoms with E-state index in [9.17, 15) is 18.0 Å². The highest BCUT2D eigenvalue weighted by molar-refractivity contribution is 5.99. The van der Waals surface area contributed by atoms with Crippen LogP contribution in [0.25, 0.3) is 5.69 Å². The molecule has 2 aliphatic carbocycles. The fraction of sp³-hybridized carbons (Fsp3) is 0.517. The van der Waals surface area contributed by atoms with Gasteiger partial charge in [-0.25, -0.2) is 4.68 Å². The number of nitrogens with zero attached hydrogens (tertiary/aromatic N) is 3. The maximum Gasteiger partial charge on any atom is 0.435 e. The normalized spacial score (nSPS) is 20.8. The van der Waals surface area contributed by atoms with E-state index in [4.69, 9.17) is 18.6 Å². The number of aromatic nitrogens is 2. The van der Waals surface area contributed by atoms with Crippen LogP contribution in [0.3, 0.4) is 0 Å². The number of terminal acetylenes is 2. The van der Waals surface area contributed by atoms with Crippen molar-refractivity contribution in [1.29, 1.82) is 0 Å². The van der Waals surface area contributed by atoms with Gasteiger partial charge in [0.05, 0.1) is 24.3 Å². The molecule has 1 heterocycles. The summed E-state index contributed by atoms with van der Waals surface area (Å²) in [4.78, 5) is 14.4. The minimum Gasteiger partial charge on any atom is -0.380 e. The van der Waals surface area contributed by atoms with E-state index in [-0.39, 0.29) is 28.6 Å². The third-order valence-corrected chi connectivity index (χ3v) is 7.70. The lowest BCUT2D eigenvalue weighted by Crippen LogP contribution is -2.49. The highest BCUT2D eigenvalue weighted by atomic mass is 19.4. The predicted molar refractivity (Wildman–Crippen MR) is 142 cm³/mol. The first-order valence-electron chi connectivity index (χ1n) is 12.9. The van der Waals surface area contributed by atoms with E-state index in [1.165, 1.54) is 4.68 Å². The molecule has 0 aliphatic heterocycles. The van der Waals surface area contributed by atoms with E-state index in [0.29, 0.717) is 49.4 Å². The molecule has 1 aromatic heterocycles. The van der Waals surface area contributed by atoms with Crippen LogP contribution in [0, 0.1) is 30.1 Å². The Morgan fingerprint density at radius 2 is 1.92 bits per heavy atom. The number of fused-ring (bicyclic) bond motifs is 1. The monoisotopic (exact) mass is 525 g/mol. The molecule has 1 fully saturated rings. The number of primary amides is 1. The highest BCUT2D eigenvalue weighted by Crippen LogP contribution is 2.42. The second-order valence-corrected chi connectivity index (χ2v) is 11.0. The zero-order chi connectivity index (χ0) is 27.7. The van der Waals surface area contributed by atoms with Crippen molar-refractivity contribution in [2.45, 2.75) is 77.1 Å². The molecule has 1 saturated carbocycles. The summed E-state index contributed by atoms with van der Waals surface area (Å²) in [6.45, 7) is 4.88. The molecule has 2 aliphatic rings. The lowest BCUT2D eigenvalue weighted by Gasteiger charge is -2.39. The maximum absolute atomic E-state index is 13.9. The van der Waals surface area contributed by atoms with Crippen molar-refractivity contribution >= 4 is 11.6 Å². The molecule has 0 unspecified atom stereocenters. The Balaban J connectivity index is 1.77. The molecule has 0 bridgehead atoms. The largest absolute Gasteiger partial charge is 0.435 e. The number of nitrogens with one attached hydrogen (secondary N) is 1. The van der Waals surface area contributed by atoms with Crippen LogP contribution in [0.4, 0.5) is 18.9 Å². The number of carbonyl (C=O) groups excluding carboxylic acids is 1. The molecule has 4 rings (SSSR count). The molecule has 9 heteroatoms. The van der Waals surface area contributed by atoms with Gasteiger partial charge in [0.25, 0.3) is 5.91 Å². The lowest BCUT2D eigenvalue weighted by molar-refractivity contribution is -0.142. The lowest BCUT2D eigenvalue weighted by atomic mass is 9.76. The first-order valence-corrected chi connectivity index (χ1v) is 12.9. The van der Waals surface area contributed by atoms with Gasteiger partial charge in [-0.05, 0) is 55.7 Å². The Hall–Kier alpha value is -3.43. The highest BCUT2D eigenvalue weighted by Gasteiger charge is 2.42. The number of anilines is 1. The van der Waals surface area contributed by atoms with Gasteiger partial charge in [0.2, 0.25) is 0 Å².